The summed E-state index contributed by atoms with van der Waals surface area (Å²) in [4.78, 5) is 3.44. The van der Waals surface area contributed by atoms with E-state index in [0.717, 1.165) is 10.4 Å². The molecular weight excluding hydrogens is 285 g/mol. The van der Waals surface area contributed by atoms with E-state index in [-0.39, 0.29) is 11.4 Å². The van der Waals surface area contributed by atoms with Crippen molar-refractivity contribution in [1.82, 2.24) is 19.5 Å². The monoisotopic (exact) mass is 295 g/mol. The predicted octanol–water partition coefficient (Wildman–Crippen LogP) is 0.636. The van der Waals surface area contributed by atoms with E-state index in [2.05, 4.69) is 15.2 Å². The highest BCUT2D eigenvalue weighted by molar-refractivity contribution is 7.89. The molecule has 1 aromatic carbocycles. The van der Waals surface area contributed by atoms with Gasteiger partial charge in [0.05, 0.1) is 6.54 Å². The Morgan fingerprint density at radius 2 is 2.25 bits per heavy atom. The Kier molecular flexibility index (Phi) is 3.78. The van der Waals surface area contributed by atoms with Gasteiger partial charge in [0.2, 0.25) is 10.0 Å². The molecule has 1 N–H and O–H groups in total. The van der Waals surface area contributed by atoms with E-state index in [0.29, 0.717) is 5.82 Å². The minimum Gasteiger partial charge on any atom is -0.262 e. The summed E-state index contributed by atoms with van der Waals surface area (Å²) in [5.41, 5.74) is -0.503. The van der Waals surface area contributed by atoms with Crippen LogP contribution in [0.5, 0.6) is 0 Å². The largest absolute Gasteiger partial charge is 0.262 e. The first-order valence-corrected chi connectivity index (χ1v) is 6.90. The number of aromatic nitrogens is 3. The third-order valence-corrected chi connectivity index (χ3v) is 4.46. The van der Waals surface area contributed by atoms with Crippen LogP contribution < -0.4 is 0 Å². The van der Waals surface area contributed by atoms with E-state index in [1.165, 1.54) is 25.5 Å². The summed E-state index contributed by atoms with van der Waals surface area (Å²) in [5, 5.41) is 15.0. The molecule has 1 heterocycles. The maximum absolute atomic E-state index is 13.5. The van der Waals surface area contributed by atoms with Gasteiger partial charge in [-0.15, -0.1) is 0 Å². The summed E-state index contributed by atoms with van der Waals surface area (Å²) in [6.45, 7) is -0.0658. The maximum atomic E-state index is 13.5. The molecule has 0 aliphatic rings. The van der Waals surface area contributed by atoms with Crippen LogP contribution in [-0.2, 0) is 16.6 Å². The molecular formula is C11H10FN5O2S. The number of H-pyrrole nitrogens is 1. The number of nitriles is 1. The van der Waals surface area contributed by atoms with Crippen LogP contribution in [0.25, 0.3) is 0 Å². The van der Waals surface area contributed by atoms with Gasteiger partial charge >= 0.3 is 0 Å². The summed E-state index contributed by atoms with van der Waals surface area (Å²) in [6, 6.07) is 5.03. The van der Waals surface area contributed by atoms with Crippen molar-refractivity contribution in [3.8, 4) is 6.07 Å². The first-order chi connectivity index (χ1) is 9.46. The fraction of sp³-hybridized carbons (Fsp3) is 0.182. The fourth-order valence-electron chi connectivity index (χ4n) is 1.60. The molecule has 0 atom stereocenters. The van der Waals surface area contributed by atoms with Crippen molar-refractivity contribution < 1.29 is 12.8 Å². The van der Waals surface area contributed by atoms with Crippen LogP contribution in [-0.4, -0.2) is 35.0 Å². The molecule has 0 saturated carbocycles. The molecule has 0 saturated heterocycles. The molecule has 20 heavy (non-hydrogen) atoms. The van der Waals surface area contributed by atoms with Crippen LogP contribution >= 0.6 is 0 Å². The smallest absolute Gasteiger partial charge is 0.244 e. The Bertz CT molecular complexity index is 752. The summed E-state index contributed by atoms with van der Waals surface area (Å²) >= 11 is 0. The topological polar surface area (TPSA) is 103 Å². The molecule has 0 unspecified atom stereocenters. The number of sulfonamides is 1. The molecule has 0 spiro atoms. The van der Waals surface area contributed by atoms with Crippen molar-refractivity contribution >= 4 is 10.0 Å². The van der Waals surface area contributed by atoms with Crippen LogP contribution in [0.15, 0.2) is 29.4 Å². The third kappa shape index (κ3) is 2.52. The van der Waals surface area contributed by atoms with Crippen molar-refractivity contribution in [3.63, 3.8) is 0 Å². The third-order valence-electron chi connectivity index (χ3n) is 2.61. The molecule has 0 aliphatic heterocycles. The van der Waals surface area contributed by atoms with E-state index < -0.39 is 21.4 Å². The van der Waals surface area contributed by atoms with Gasteiger partial charge in [0.1, 0.15) is 34.5 Å². The maximum Gasteiger partial charge on any atom is 0.244 e. The number of aromatic amines is 1. The van der Waals surface area contributed by atoms with E-state index in [1.807, 2.05) is 0 Å². The molecule has 1 aromatic heterocycles. The van der Waals surface area contributed by atoms with Crippen LogP contribution in [0.1, 0.15) is 11.4 Å². The average Bonchev–Trinajstić information content (AvgIpc) is 2.91. The summed E-state index contributed by atoms with van der Waals surface area (Å²) in [5.74, 6) is -0.535. The average molecular weight is 295 g/mol. The lowest BCUT2D eigenvalue weighted by Crippen LogP contribution is -2.28. The molecule has 2 aromatic rings. The first-order valence-electron chi connectivity index (χ1n) is 5.46. The highest BCUT2D eigenvalue weighted by Crippen LogP contribution is 2.21. The summed E-state index contributed by atoms with van der Waals surface area (Å²) in [6.07, 6.45) is 1.25. The Morgan fingerprint density at radius 1 is 1.50 bits per heavy atom. The zero-order valence-corrected chi connectivity index (χ0v) is 11.2. The minimum absolute atomic E-state index is 0.0658. The highest BCUT2D eigenvalue weighted by Gasteiger charge is 2.26. The SMILES string of the molecule is CN(Cc1ncn[nH]1)S(=O)(=O)c1cccc(F)c1C#N. The van der Waals surface area contributed by atoms with Gasteiger partial charge in [0.25, 0.3) is 0 Å². The molecule has 7 nitrogen and oxygen atoms in total. The van der Waals surface area contributed by atoms with E-state index in [9.17, 15) is 12.8 Å². The number of halogens is 1. The van der Waals surface area contributed by atoms with Crippen molar-refractivity contribution in [3.05, 3.63) is 41.7 Å². The predicted molar refractivity (Wildman–Crippen MR) is 66.2 cm³/mol. The number of benzene rings is 1. The molecule has 0 radical (unpaired) electrons. The Hall–Kier alpha value is -2.31. The van der Waals surface area contributed by atoms with Crippen molar-refractivity contribution in [2.45, 2.75) is 11.4 Å². The fourth-order valence-corrected chi connectivity index (χ4v) is 2.88. The Balaban J connectivity index is 2.41. The standard InChI is InChI=1S/C11H10FN5O2S/c1-17(6-11-14-7-15-16-11)20(18,19)10-4-2-3-9(12)8(10)5-13/h2-4,7H,6H2,1H3,(H,14,15,16). The first kappa shape index (κ1) is 14.1. The lowest BCUT2D eigenvalue weighted by Gasteiger charge is -2.16. The highest BCUT2D eigenvalue weighted by atomic mass is 32.2. The lowest BCUT2D eigenvalue weighted by molar-refractivity contribution is 0.456. The molecule has 9 heteroatoms. The summed E-state index contributed by atoms with van der Waals surface area (Å²) < 4.78 is 39.1. The minimum atomic E-state index is -4.00. The molecule has 0 bridgehead atoms. The number of nitrogens with zero attached hydrogens (tertiary/aromatic N) is 4. The Labute approximate surface area is 114 Å². The zero-order valence-electron chi connectivity index (χ0n) is 10.4. The van der Waals surface area contributed by atoms with Gasteiger partial charge in [-0.1, -0.05) is 6.07 Å². The number of nitrogens with one attached hydrogen (secondary N) is 1. The van der Waals surface area contributed by atoms with Crippen LogP contribution in [0.3, 0.4) is 0 Å². The van der Waals surface area contributed by atoms with E-state index >= 15 is 0 Å². The zero-order chi connectivity index (χ0) is 14.8. The second kappa shape index (κ2) is 5.36. The van der Waals surface area contributed by atoms with Crippen LogP contribution in [0.2, 0.25) is 0 Å². The molecule has 0 fully saturated rings. The molecule has 0 amide bonds. The molecule has 2 rings (SSSR count). The number of rotatable bonds is 4. The van der Waals surface area contributed by atoms with Gasteiger partial charge in [-0.2, -0.15) is 14.7 Å². The van der Waals surface area contributed by atoms with Crippen molar-refractivity contribution in [2.75, 3.05) is 7.05 Å². The van der Waals surface area contributed by atoms with Gasteiger partial charge in [-0.05, 0) is 12.1 Å². The second-order valence-corrected chi connectivity index (χ2v) is 5.93. The van der Waals surface area contributed by atoms with Gasteiger partial charge in [0, 0.05) is 7.05 Å². The van der Waals surface area contributed by atoms with Gasteiger partial charge in [0.15, 0.2) is 0 Å². The van der Waals surface area contributed by atoms with Crippen molar-refractivity contribution in [2.24, 2.45) is 0 Å². The molecule has 104 valence electrons. The lowest BCUT2D eigenvalue weighted by atomic mass is 10.2. The van der Waals surface area contributed by atoms with Gasteiger partial charge in [-0.25, -0.2) is 17.8 Å². The van der Waals surface area contributed by atoms with Crippen molar-refractivity contribution in [1.29, 1.82) is 5.26 Å². The van der Waals surface area contributed by atoms with Gasteiger partial charge in [-0.3, -0.25) is 5.10 Å². The normalized spacial score (nSPS) is 11.5. The quantitative estimate of drug-likeness (QED) is 0.891. The Morgan fingerprint density at radius 3 is 2.85 bits per heavy atom. The molecule has 0 aliphatic carbocycles. The number of hydrogen-bond acceptors (Lipinski definition) is 5. The van der Waals surface area contributed by atoms with Gasteiger partial charge < -0.3 is 0 Å². The summed E-state index contributed by atoms with van der Waals surface area (Å²) in [7, 11) is -2.69. The second-order valence-electron chi connectivity index (χ2n) is 3.92. The number of hydrogen-bond donors (Lipinski definition) is 1. The van der Waals surface area contributed by atoms with Crippen LogP contribution in [0.4, 0.5) is 4.39 Å². The van der Waals surface area contributed by atoms with E-state index in [4.69, 9.17) is 5.26 Å². The van der Waals surface area contributed by atoms with Crippen LogP contribution in [0, 0.1) is 17.1 Å². The van der Waals surface area contributed by atoms with E-state index in [1.54, 1.807) is 6.07 Å².